The van der Waals surface area contributed by atoms with Gasteiger partial charge in [-0.3, -0.25) is 0 Å². The van der Waals surface area contributed by atoms with Gasteiger partial charge in [-0.1, -0.05) is 0 Å². The summed E-state index contributed by atoms with van der Waals surface area (Å²) in [7, 11) is 0. The molecule has 0 saturated heterocycles. The SMILES string of the molecule is Cl.NC1CC1c1ccc(C(=O)O)s1. The van der Waals surface area contributed by atoms with E-state index in [1.165, 1.54) is 11.3 Å². The maximum atomic E-state index is 10.5. The number of carboxylic acids is 1. The molecule has 1 aromatic rings. The highest BCUT2D eigenvalue weighted by Gasteiger charge is 2.36. The quantitative estimate of drug-likeness (QED) is 0.796. The van der Waals surface area contributed by atoms with E-state index in [-0.39, 0.29) is 18.4 Å². The minimum atomic E-state index is -0.847. The van der Waals surface area contributed by atoms with Crippen LogP contribution in [-0.4, -0.2) is 17.1 Å². The zero-order valence-corrected chi connectivity index (χ0v) is 8.40. The molecule has 3 N–H and O–H groups in total. The Bertz CT molecular complexity index is 326. The Labute approximate surface area is 86.0 Å². The number of aromatic carboxylic acids is 1. The number of rotatable bonds is 2. The first-order valence-electron chi connectivity index (χ1n) is 3.77. The number of hydrogen-bond donors (Lipinski definition) is 2. The smallest absolute Gasteiger partial charge is 0.345 e. The molecule has 1 fully saturated rings. The molecule has 1 aromatic heterocycles. The standard InChI is InChI=1S/C8H9NO2S.ClH/c9-5-3-4(5)6-1-2-7(12-6)8(10)11;/h1-2,4-5H,3,9H2,(H,10,11);1H. The highest BCUT2D eigenvalue weighted by molar-refractivity contribution is 7.14. The third kappa shape index (κ3) is 2.02. The van der Waals surface area contributed by atoms with Gasteiger partial charge < -0.3 is 10.8 Å². The van der Waals surface area contributed by atoms with Crippen LogP contribution in [0, 0.1) is 0 Å². The summed E-state index contributed by atoms with van der Waals surface area (Å²) in [5, 5.41) is 8.65. The summed E-state index contributed by atoms with van der Waals surface area (Å²) in [6.07, 6.45) is 1.000. The third-order valence-corrected chi connectivity index (χ3v) is 3.25. The maximum absolute atomic E-state index is 10.5. The second kappa shape index (κ2) is 3.65. The lowest BCUT2D eigenvalue weighted by atomic mass is 10.3. The van der Waals surface area contributed by atoms with Gasteiger partial charge in [-0.2, -0.15) is 0 Å². The predicted molar refractivity (Wildman–Crippen MR) is 53.9 cm³/mol. The maximum Gasteiger partial charge on any atom is 0.345 e. The van der Waals surface area contributed by atoms with E-state index >= 15 is 0 Å². The van der Waals surface area contributed by atoms with Crippen molar-refractivity contribution in [2.75, 3.05) is 0 Å². The molecule has 0 radical (unpaired) electrons. The highest BCUT2D eigenvalue weighted by atomic mass is 35.5. The number of nitrogens with two attached hydrogens (primary N) is 1. The van der Waals surface area contributed by atoms with Crippen molar-refractivity contribution in [1.82, 2.24) is 0 Å². The van der Waals surface area contributed by atoms with Crippen molar-refractivity contribution in [2.24, 2.45) is 5.73 Å². The van der Waals surface area contributed by atoms with Gasteiger partial charge in [0.25, 0.3) is 0 Å². The van der Waals surface area contributed by atoms with Gasteiger partial charge >= 0.3 is 5.97 Å². The van der Waals surface area contributed by atoms with E-state index in [4.69, 9.17) is 10.8 Å². The van der Waals surface area contributed by atoms with Gasteiger partial charge in [0, 0.05) is 16.8 Å². The topological polar surface area (TPSA) is 63.3 Å². The summed E-state index contributed by atoms with van der Waals surface area (Å²) in [4.78, 5) is 12.0. The molecule has 1 aliphatic carbocycles. The fraction of sp³-hybridized carbons (Fsp3) is 0.375. The van der Waals surface area contributed by atoms with Crippen LogP contribution in [0.1, 0.15) is 26.9 Å². The van der Waals surface area contributed by atoms with Crippen LogP contribution in [0.5, 0.6) is 0 Å². The van der Waals surface area contributed by atoms with Gasteiger partial charge in [0.15, 0.2) is 0 Å². The van der Waals surface area contributed by atoms with E-state index in [1.54, 1.807) is 6.07 Å². The first-order valence-corrected chi connectivity index (χ1v) is 4.58. The zero-order valence-electron chi connectivity index (χ0n) is 6.77. The predicted octanol–water partition coefficient (Wildman–Crippen LogP) is 1.68. The average molecular weight is 220 g/mol. The first-order chi connectivity index (χ1) is 5.68. The Morgan fingerprint density at radius 3 is 2.62 bits per heavy atom. The molecule has 5 heteroatoms. The van der Waals surface area contributed by atoms with Gasteiger partial charge in [-0.05, 0) is 18.6 Å². The van der Waals surface area contributed by atoms with Crippen molar-refractivity contribution in [3.05, 3.63) is 21.9 Å². The Hall–Kier alpha value is -0.580. The molecule has 0 amide bonds. The number of carboxylic acid groups (broad SMARTS) is 1. The van der Waals surface area contributed by atoms with Gasteiger partial charge in [0.1, 0.15) is 4.88 Å². The average Bonchev–Trinajstić information content (AvgIpc) is 2.59. The third-order valence-electron chi connectivity index (χ3n) is 2.04. The lowest BCUT2D eigenvalue weighted by Crippen LogP contribution is -1.99. The molecule has 0 aromatic carbocycles. The van der Waals surface area contributed by atoms with Gasteiger partial charge in [0.05, 0.1) is 0 Å². The molecule has 2 rings (SSSR count). The lowest BCUT2D eigenvalue weighted by molar-refractivity contribution is 0.0702. The molecule has 2 unspecified atom stereocenters. The van der Waals surface area contributed by atoms with Crippen molar-refractivity contribution in [3.8, 4) is 0 Å². The second-order valence-corrected chi connectivity index (χ2v) is 4.13. The summed E-state index contributed by atoms with van der Waals surface area (Å²) in [6, 6.07) is 3.77. The van der Waals surface area contributed by atoms with E-state index in [9.17, 15) is 4.79 Å². The van der Waals surface area contributed by atoms with Crippen LogP contribution in [0.3, 0.4) is 0 Å². The normalized spacial score (nSPS) is 25.0. The molecule has 0 aliphatic heterocycles. The van der Waals surface area contributed by atoms with Crippen LogP contribution in [0.2, 0.25) is 0 Å². The molecule has 0 bridgehead atoms. The second-order valence-electron chi connectivity index (χ2n) is 3.01. The van der Waals surface area contributed by atoms with Gasteiger partial charge in [0.2, 0.25) is 0 Å². The Morgan fingerprint density at radius 1 is 1.62 bits per heavy atom. The lowest BCUT2D eigenvalue weighted by Gasteiger charge is -1.88. The van der Waals surface area contributed by atoms with Gasteiger partial charge in [-0.25, -0.2) is 4.79 Å². The van der Waals surface area contributed by atoms with Crippen molar-refractivity contribution in [1.29, 1.82) is 0 Å². The summed E-state index contributed by atoms with van der Waals surface area (Å²) in [6.45, 7) is 0. The molecule has 13 heavy (non-hydrogen) atoms. The van der Waals surface area contributed by atoms with Crippen molar-refractivity contribution in [3.63, 3.8) is 0 Å². The number of thiophene rings is 1. The highest BCUT2D eigenvalue weighted by Crippen LogP contribution is 2.42. The molecule has 2 atom stereocenters. The molecule has 0 spiro atoms. The fourth-order valence-corrected chi connectivity index (χ4v) is 2.24. The van der Waals surface area contributed by atoms with Crippen LogP contribution >= 0.6 is 23.7 Å². The van der Waals surface area contributed by atoms with Crippen molar-refractivity contribution in [2.45, 2.75) is 18.4 Å². The fourth-order valence-electron chi connectivity index (χ4n) is 1.21. The van der Waals surface area contributed by atoms with Gasteiger partial charge in [-0.15, -0.1) is 23.7 Å². The Kier molecular flexibility index (Phi) is 2.95. The van der Waals surface area contributed by atoms with Crippen molar-refractivity contribution < 1.29 is 9.90 Å². The minimum Gasteiger partial charge on any atom is -0.477 e. The summed E-state index contributed by atoms with van der Waals surface area (Å²) in [5.41, 5.74) is 5.64. The van der Waals surface area contributed by atoms with Crippen LogP contribution in [-0.2, 0) is 0 Å². The van der Waals surface area contributed by atoms with Crippen LogP contribution in [0.25, 0.3) is 0 Å². The largest absolute Gasteiger partial charge is 0.477 e. The summed E-state index contributed by atoms with van der Waals surface area (Å²) < 4.78 is 0. The minimum absolute atomic E-state index is 0. The first kappa shape index (κ1) is 10.5. The molecule has 3 nitrogen and oxygen atoms in total. The Balaban J connectivity index is 0.000000845. The van der Waals surface area contributed by atoms with Crippen LogP contribution in [0.15, 0.2) is 12.1 Å². The number of hydrogen-bond acceptors (Lipinski definition) is 3. The van der Waals surface area contributed by atoms with E-state index in [0.29, 0.717) is 10.8 Å². The molecule has 1 heterocycles. The van der Waals surface area contributed by atoms with E-state index < -0.39 is 5.97 Å². The molecule has 1 aliphatic rings. The molecular weight excluding hydrogens is 210 g/mol. The van der Waals surface area contributed by atoms with E-state index in [1.807, 2.05) is 6.07 Å². The molecule has 72 valence electrons. The van der Waals surface area contributed by atoms with Crippen LogP contribution < -0.4 is 5.73 Å². The monoisotopic (exact) mass is 219 g/mol. The molecule has 1 saturated carbocycles. The zero-order chi connectivity index (χ0) is 8.72. The van der Waals surface area contributed by atoms with E-state index in [0.717, 1.165) is 11.3 Å². The molecular formula is C8H10ClNO2S. The van der Waals surface area contributed by atoms with Crippen molar-refractivity contribution >= 4 is 29.7 Å². The number of halogens is 1. The Morgan fingerprint density at radius 2 is 2.23 bits per heavy atom. The summed E-state index contributed by atoms with van der Waals surface area (Å²) >= 11 is 1.34. The van der Waals surface area contributed by atoms with Crippen LogP contribution in [0.4, 0.5) is 0 Å². The number of carbonyl (C=O) groups is 1. The summed E-state index contributed by atoms with van der Waals surface area (Å²) in [5.74, 6) is -0.427. The van der Waals surface area contributed by atoms with E-state index in [2.05, 4.69) is 0 Å².